The van der Waals surface area contributed by atoms with Gasteiger partial charge in [0.2, 0.25) is 0 Å². The first-order valence-electron chi connectivity index (χ1n) is 6.39. The molecule has 6 heteroatoms. The topological polar surface area (TPSA) is 124 Å². The minimum atomic E-state index is -1.29. The molecule has 1 rings (SSSR count). The summed E-state index contributed by atoms with van der Waals surface area (Å²) in [4.78, 5) is 10.9. The molecule has 6 nitrogen and oxygen atoms in total. The maximum Gasteiger partial charge on any atom is 0.323 e. The number of phenols is 3. The van der Waals surface area contributed by atoms with E-state index in [1.54, 1.807) is 0 Å². The lowest BCUT2D eigenvalue weighted by molar-refractivity contribution is -0.143. The van der Waals surface area contributed by atoms with E-state index in [-0.39, 0.29) is 23.2 Å². The summed E-state index contributed by atoms with van der Waals surface area (Å²) >= 11 is 0. The predicted octanol–water partition coefficient (Wildman–Crippen LogP) is 1.56. The van der Waals surface area contributed by atoms with Gasteiger partial charge in [0.15, 0.2) is 0 Å². The van der Waals surface area contributed by atoms with Crippen molar-refractivity contribution in [1.29, 1.82) is 0 Å². The number of aliphatic carboxylic acids is 1. The lowest BCUT2D eigenvalue weighted by atomic mass is 9.87. The number of aromatic hydroxyl groups is 3. The van der Waals surface area contributed by atoms with E-state index < -0.39 is 11.5 Å². The number of carboxylic acids is 1. The molecular weight excluding hydrogens is 262 g/mol. The molecule has 0 amide bonds. The molecule has 0 saturated carbocycles. The van der Waals surface area contributed by atoms with Crippen molar-refractivity contribution < 1.29 is 25.2 Å². The van der Waals surface area contributed by atoms with Gasteiger partial charge in [-0.15, -0.1) is 0 Å². The first-order chi connectivity index (χ1) is 9.13. The Morgan fingerprint density at radius 3 is 2.25 bits per heavy atom. The molecule has 1 aromatic carbocycles. The molecule has 20 heavy (non-hydrogen) atoms. The number of nitrogens with two attached hydrogens (primary N) is 1. The minimum Gasteiger partial charge on any atom is -0.508 e. The summed E-state index contributed by atoms with van der Waals surface area (Å²) < 4.78 is 0. The molecule has 0 heterocycles. The van der Waals surface area contributed by atoms with Crippen LogP contribution in [0.15, 0.2) is 12.1 Å². The predicted molar refractivity (Wildman–Crippen MR) is 73.8 cm³/mol. The molecule has 0 fully saturated rings. The van der Waals surface area contributed by atoms with E-state index in [0.717, 1.165) is 12.1 Å². The van der Waals surface area contributed by atoms with Crippen molar-refractivity contribution in [1.82, 2.24) is 0 Å². The van der Waals surface area contributed by atoms with E-state index in [2.05, 4.69) is 0 Å². The fourth-order valence-electron chi connectivity index (χ4n) is 2.19. The molecule has 0 saturated heterocycles. The van der Waals surface area contributed by atoms with Crippen molar-refractivity contribution in [3.05, 3.63) is 17.7 Å². The van der Waals surface area contributed by atoms with Crippen LogP contribution in [0.1, 0.15) is 32.3 Å². The summed E-state index contributed by atoms with van der Waals surface area (Å²) in [5, 5.41) is 37.5. The largest absolute Gasteiger partial charge is 0.508 e. The fraction of sp³-hybridized carbons (Fsp3) is 0.500. The Morgan fingerprint density at radius 2 is 1.80 bits per heavy atom. The lowest BCUT2D eigenvalue weighted by Crippen LogP contribution is -2.46. The third-order valence-corrected chi connectivity index (χ3v) is 3.34. The second-order valence-electron chi connectivity index (χ2n) is 5.53. The Hall–Kier alpha value is -1.95. The zero-order valence-electron chi connectivity index (χ0n) is 11.6. The number of hydrogen-bond donors (Lipinski definition) is 5. The summed E-state index contributed by atoms with van der Waals surface area (Å²) in [6.07, 6.45) is 1.22. The van der Waals surface area contributed by atoms with E-state index >= 15 is 0 Å². The molecule has 0 aliphatic heterocycles. The summed E-state index contributed by atoms with van der Waals surface area (Å²) in [6.45, 7) is 3.32. The Bertz CT molecular complexity index is 475. The van der Waals surface area contributed by atoms with E-state index in [0.29, 0.717) is 24.8 Å². The van der Waals surface area contributed by atoms with Crippen molar-refractivity contribution in [2.24, 2.45) is 11.7 Å². The van der Waals surface area contributed by atoms with Crippen LogP contribution >= 0.6 is 0 Å². The monoisotopic (exact) mass is 283 g/mol. The first kappa shape index (κ1) is 16.1. The number of carbonyl (C=O) groups is 1. The van der Waals surface area contributed by atoms with Crippen LogP contribution in [0.25, 0.3) is 0 Å². The minimum absolute atomic E-state index is 0.00806. The summed E-state index contributed by atoms with van der Waals surface area (Å²) in [7, 11) is 0. The SMILES string of the molecule is CC(CCc1c(O)cc(O)cc1O)CC(C)(N)C(=O)O. The van der Waals surface area contributed by atoms with Gasteiger partial charge in [-0.1, -0.05) is 6.92 Å². The van der Waals surface area contributed by atoms with Crippen LogP contribution in [0.2, 0.25) is 0 Å². The summed E-state index contributed by atoms with van der Waals surface area (Å²) in [5.41, 5.74) is 4.72. The quantitative estimate of drug-likeness (QED) is 0.539. The summed E-state index contributed by atoms with van der Waals surface area (Å²) in [6, 6.07) is 2.31. The third kappa shape index (κ3) is 4.03. The average molecular weight is 283 g/mol. The molecule has 0 radical (unpaired) electrons. The van der Waals surface area contributed by atoms with Gasteiger partial charge in [-0.3, -0.25) is 4.79 Å². The smallest absolute Gasteiger partial charge is 0.323 e. The van der Waals surface area contributed by atoms with E-state index in [1.165, 1.54) is 6.92 Å². The van der Waals surface area contributed by atoms with E-state index in [1.807, 2.05) is 6.92 Å². The van der Waals surface area contributed by atoms with Crippen LogP contribution < -0.4 is 5.73 Å². The van der Waals surface area contributed by atoms with Gasteiger partial charge in [-0.05, 0) is 32.1 Å². The zero-order valence-corrected chi connectivity index (χ0v) is 11.6. The zero-order chi connectivity index (χ0) is 15.5. The molecule has 0 aromatic heterocycles. The van der Waals surface area contributed by atoms with Gasteiger partial charge >= 0.3 is 5.97 Å². The van der Waals surface area contributed by atoms with Crippen molar-refractivity contribution in [2.75, 3.05) is 0 Å². The molecule has 2 atom stereocenters. The van der Waals surface area contributed by atoms with Gasteiger partial charge in [0.25, 0.3) is 0 Å². The van der Waals surface area contributed by atoms with Crippen molar-refractivity contribution in [2.45, 2.75) is 38.6 Å². The van der Waals surface area contributed by atoms with Crippen molar-refractivity contribution >= 4 is 5.97 Å². The van der Waals surface area contributed by atoms with Crippen LogP contribution in [0.4, 0.5) is 0 Å². The van der Waals surface area contributed by atoms with Crippen molar-refractivity contribution in [3.8, 4) is 17.2 Å². The number of rotatable bonds is 6. The highest BCUT2D eigenvalue weighted by molar-refractivity contribution is 5.77. The number of hydrogen-bond acceptors (Lipinski definition) is 5. The molecule has 0 aliphatic rings. The Balaban J connectivity index is 2.66. The highest BCUT2D eigenvalue weighted by Crippen LogP contribution is 2.34. The maximum atomic E-state index is 10.9. The van der Waals surface area contributed by atoms with Crippen LogP contribution in [0.5, 0.6) is 17.2 Å². The van der Waals surface area contributed by atoms with Crippen LogP contribution in [0.3, 0.4) is 0 Å². The fourth-order valence-corrected chi connectivity index (χ4v) is 2.19. The molecule has 0 spiro atoms. The van der Waals surface area contributed by atoms with E-state index in [9.17, 15) is 20.1 Å². The van der Waals surface area contributed by atoms with Gasteiger partial charge in [0.05, 0.1) is 0 Å². The first-order valence-corrected chi connectivity index (χ1v) is 6.39. The second kappa shape index (κ2) is 6.00. The molecule has 0 bridgehead atoms. The van der Waals surface area contributed by atoms with Gasteiger partial charge in [0, 0.05) is 17.7 Å². The highest BCUT2D eigenvalue weighted by atomic mass is 16.4. The maximum absolute atomic E-state index is 10.9. The molecule has 112 valence electrons. The molecule has 6 N–H and O–H groups in total. The van der Waals surface area contributed by atoms with Crippen LogP contribution in [-0.4, -0.2) is 31.9 Å². The van der Waals surface area contributed by atoms with Gasteiger partial charge in [-0.25, -0.2) is 0 Å². The lowest BCUT2D eigenvalue weighted by Gasteiger charge is -2.23. The Morgan fingerprint density at radius 1 is 1.30 bits per heavy atom. The number of benzene rings is 1. The molecule has 2 unspecified atom stereocenters. The van der Waals surface area contributed by atoms with Gasteiger partial charge in [-0.2, -0.15) is 0 Å². The molecular formula is C14H21NO5. The second-order valence-corrected chi connectivity index (χ2v) is 5.53. The molecule has 0 aliphatic carbocycles. The summed E-state index contributed by atoms with van der Waals surface area (Å²) in [5.74, 6) is -1.61. The van der Waals surface area contributed by atoms with E-state index in [4.69, 9.17) is 10.8 Å². The number of phenolic OH excluding ortho intramolecular Hbond substituents is 3. The third-order valence-electron chi connectivity index (χ3n) is 3.34. The van der Waals surface area contributed by atoms with Crippen molar-refractivity contribution in [3.63, 3.8) is 0 Å². The van der Waals surface area contributed by atoms with Gasteiger partial charge < -0.3 is 26.2 Å². The number of carboxylic acid groups (broad SMARTS) is 1. The normalized spacial score (nSPS) is 15.6. The van der Waals surface area contributed by atoms with Gasteiger partial charge in [0.1, 0.15) is 22.8 Å². The van der Waals surface area contributed by atoms with Crippen LogP contribution in [-0.2, 0) is 11.2 Å². The highest BCUT2D eigenvalue weighted by Gasteiger charge is 2.29. The average Bonchev–Trinajstić information content (AvgIpc) is 2.26. The molecule has 1 aromatic rings. The Kier molecular flexibility index (Phi) is 4.83. The van der Waals surface area contributed by atoms with Crippen LogP contribution in [0, 0.1) is 5.92 Å². The Labute approximate surface area is 117 Å². The standard InChI is InChI=1S/C14H21NO5/c1-8(7-14(2,15)13(19)20)3-4-10-11(17)5-9(16)6-12(10)18/h5-6,8,16-18H,3-4,7,15H2,1-2H3,(H,19,20).